The van der Waals surface area contributed by atoms with Crippen molar-refractivity contribution in [3.05, 3.63) is 29.8 Å². The Labute approximate surface area is 159 Å². The number of benzene rings is 1. The second kappa shape index (κ2) is 7.85. The van der Waals surface area contributed by atoms with Gasteiger partial charge in [-0.3, -0.25) is 9.59 Å². The van der Waals surface area contributed by atoms with E-state index in [-0.39, 0.29) is 18.2 Å². The van der Waals surface area contributed by atoms with E-state index in [0.717, 1.165) is 16.3 Å². The minimum Gasteiger partial charge on any atom is -0.497 e. The zero-order valence-corrected chi connectivity index (χ0v) is 16.4. The number of carbonyl (C=O) groups excluding carboxylic acids is 3. The van der Waals surface area contributed by atoms with Gasteiger partial charge in [-0.05, 0) is 51.8 Å². The number of ether oxygens (including phenoxy) is 2. The zero-order chi connectivity index (χ0) is 20.2. The van der Waals surface area contributed by atoms with Gasteiger partial charge in [0.25, 0.3) is 0 Å². The molecular weight excluding hydrogens is 350 g/mol. The van der Waals surface area contributed by atoms with E-state index in [0.29, 0.717) is 13.0 Å². The summed E-state index contributed by atoms with van der Waals surface area (Å²) in [6.45, 7) is 7.09. The molecule has 1 aromatic rings. The Hall–Kier alpha value is -2.77. The number of carbonyl (C=O) groups is 3. The van der Waals surface area contributed by atoms with Crippen LogP contribution in [0.2, 0.25) is 0 Å². The van der Waals surface area contributed by atoms with Crippen molar-refractivity contribution in [2.24, 2.45) is 0 Å². The van der Waals surface area contributed by atoms with Gasteiger partial charge in [0, 0.05) is 13.0 Å². The first-order valence-electron chi connectivity index (χ1n) is 8.79. The third kappa shape index (κ3) is 5.12. The Morgan fingerprint density at radius 3 is 2.41 bits per heavy atom. The fourth-order valence-corrected chi connectivity index (χ4v) is 2.76. The van der Waals surface area contributed by atoms with Crippen LogP contribution in [0.1, 0.15) is 46.1 Å². The lowest BCUT2D eigenvalue weighted by molar-refractivity contribution is -0.144. The molecule has 1 aliphatic rings. The van der Waals surface area contributed by atoms with Crippen LogP contribution in [0.15, 0.2) is 24.3 Å². The van der Waals surface area contributed by atoms with Gasteiger partial charge in [0.05, 0.1) is 7.11 Å². The van der Waals surface area contributed by atoms with Crippen molar-refractivity contribution < 1.29 is 23.9 Å². The molecule has 0 aromatic heterocycles. The summed E-state index contributed by atoms with van der Waals surface area (Å²) in [5, 5.41) is 3.90. The summed E-state index contributed by atoms with van der Waals surface area (Å²) in [6.07, 6.45) is -0.301. The summed E-state index contributed by atoms with van der Waals surface area (Å²) in [5.74, 6) is 0.0503. The highest BCUT2D eigenvalue weighted by molar-refractivity contribution is 5.95. The van der Waals surface area contributed by atoms with Gasteiger partial charge in [0.1, 0.15) is 16.9 Å². The molecule has 0 saturated carbocycles. The van der Waals surface area contributed by atoms with Gasteiger partial charge in [-0.15, -0.1) is 0 Å². The van der Waals surface area contributed by atoms with Crippen molar-refractivity contribution in [2.75, 3.05) is 7.11 Å². The van der Waals surface area contributed by atoms with Crippen LogP contribution in [-0.2, 0) is 20.9 Å². The predicted octanol–water partition coefficient (Wildman–Crippen LogP) is 2.13. The van der Waals surface area contributed by atoms with E-state index in [1.807, 2.05) is 12.1 Å². The molecule has 148 valence electrons. The van der Waals surface area contributed by atoms with E-state index in [4.69, 9.17) is 9.47 Å². The van der Waals surface area contributed by atoms with Crippen LogP contribution in [-0.4, -0.2) is 41.2 Å². The molecule has 0 bridgehead atoms. The number of hydrazine groups is 1. The van der Waals surface area contributed by atoms with Crippen molar-refractivity contribution in [3.8, 4) is 5.75 Å². The maximum Gasteiger partial charge on any atom is 0.426 e. The fourth-order valence-electron chi connectivity index (χ4n) is 2.76. The van der Waals surface area contributed by atoms with Crippen molar-refractivity contribution in [1.82, 2.24) is 15.8 Å². The van der Waals surface area contributed by atoms with Crippen LogP contribution in [0.25, 0.3) is 0 Å². The standard InChI is InChI=1S/C19H27N3O5/c1-18(2,3)27-17(25)21-22-15(23)10-11-19(22,4)16(24)20-12-13-6-8-14(26-5)9-7-13/h6-9H,10-12H2,1-5H3,(H,20,24)(H,21,25). The Kier molecular flexibility index (Phi) is 5.98. The van der Waals surface area contributed by atoms with Gasteiger partial charge in [0.15, 0.2) is 0 Å². The van der Waals surface area contributed by atoms with Gasteiger partial charge >= 0.3 is 6.09 Å². The summed E-state index contributed by atoms with van der Waals surface area (Å²) >= 11 is 0. The largest absolute Gasteiger partial charge is 0.497 e. The summed E-state index contributed by atoms with van der Waals surface area (Å²) in [4.78, 5) is 37.0. The van der Waals surface area contributed by atoms with Gasteiger partial charge in [-0.25, -0.2) is 15.2 Å². The molecule has 1 heterocycles. The molecule has 1 atom stereocenters. The maximum atomic E-state index is 12.8. The topological polar surface area (TPSA) is 97.0 Å². The SMILES string of the molecule is COc1ccc(CNC(=O)C2(C)CCC(=O)N2NC(=O)OC(C)(C)C)cc1. The monoisotopic (exact) mass is 377 g/mol. The molecule has 8 heteroatoms. The van der Waals surface area contributed by atoms with Gasteiger partial charge in [0.2, 0.25) is 11.8 Å². The molecule has 2 rings (SSSR count). The number of nitrogens with zero attached hydrogens (tertiary/aromatic N) is 1. The van der Waals surface area contributed by atoms with Gasteiger partial charge < -0.3 is 14.8 Å². The average Bonchev–Trinajstić information content (AvgIpc) is 2.88. The molecule has 0 aliphatic carbocycles. The molecule has 1 aromatic carbocycles. The van der Waals surface area contributed by atoms with Crippen LogP contribution < -0.4 is 15.5 Å². The predicted molar refractivity (Wildman–Crippen MR) is 98.7 cm³/mol. The first-order chi connectivity index (χ1) is 12.5. The van der Waals surface area contributed by atoms with Crippen LogP contribution in [0, 0.1) is 0 Å². The Bertz CT molecular complexity index is 711. The fraction of sp³-hybridized carbons (Fsp3) is 0.526. The van der Waals surface area contributed by atoms with E-state index in [1.54, 1.807) is 46.9 Å². The number of nitrogens with one attached hydrogen (secondary N) is 2. The third-order valence-electron chi connectivity index (χ3n) is 4.27. The second-order valence-corrected chi connectivity index (χ2v) is 7.65. The maximum absolute atomic E-state index is 12.8. The minimum atomic E-state index is -1.18. The molecule has 3 amide bonds. The Morgan fingerprint density at radius 2 is 1.85 bits per heavy atom. The number of methoxy groups -OCH3 is 1. The average molecular weight is 377 g/mol. The normalized spacial score (nSPS) is 19.6. The number of rotatable bonds is 5. The molecule has 1 unspecified atom stereocenters. The van der Waals surface area contributed by atoms with Crippen LogP contribution >= 0.6 is 0 Å². The van der Waals surface area contributed by atoms with E-state index in [9.17, 15) is 14.4 Å². The quantitative estimate of drug-likeness (QED) is 0.819. The van der Waals surface area contributed by atoms with Crippen LogP contribution in [0.4, 0.5) is 4.79 Å². The van der Waals surface area contributed by atoms with E-state index in [1.165, 1.54) is 0 Å². The summed E-state index contributed by atoms with van der Waals surface area (Å²) in [7, 11) is 1.58. The van der Waals surface area contributed by atoms with E-state index in [2.05, 4.69) is 10.7 Å². The van der Waals surface area contributed by atoms with Crippen molar-refractivity contribution in [2.45, 2.75) is 58.2 Å². The molecule has 0 radical (unpaired) electrons. The number of hydrogen-bond donors (Lipinski definition) is 2. The highest BCUT2D eigenvalue weighted by atomic mass is 16.6. The summed E-state index contributed by atoms with van der Waals surface area (Å²) in [5.41, 5.74) is 1.42. The van der Waals surface area contributed by atoms with Gasteiger partial charge in [-0.2, -0.15) is 0 Å². The first kappa shape index (κ1) is 20.5. The second-order valence-electron chi connectivity index (χ2n) is 7.65. The van der Waals surface area contributed by atoms with Crippen LogP contribution in [0.5, 0.6) is 5.75 Å². The van der Waals surface area contributed by atoms with Crippen LogP contribution in [0.3, 0.4) is 0 Å². The Morgan fingerprint density at radius 1 is 1.22 bits per heavy atom. The first-order valence-corrected chi connectivity index (χ1v) is 8.79. The lowest BCUT2D eigenvalue weighted by Gasteiger charge is -2.34. The van der Waals surface area contributed by atoms with Gasteiger partial charge in [-0.1, -0.05) is 12.1 Å². The summed E-state index contributed by atoms with van der Waals surface area (Å²) in [6, 6.07) is 7.30. The highest BCUT2D eigenvalue weighted by Gasteiger charge is 2.48. The number of hydrogen-bond acceptors (Lipinski definition) is 5. The molecule has 0 spiro atoms. The van der Waals surface area contributed by atoms with E-state index >= 15 is 0 Å². The molecule has 8 nitrogen and oxygen atoms in total. The Balaban J connectivity index is 2.02. The highest BCUT2D eigenvalue weighted by Crippen LogP contribution is 2.29. The lowest BCUT2D eigenvalue weighted by atomic mass is 9.98. The lowest BCUT2D eigenvalue weighted by Crippen LogP contribution is -2.61. The third-order valence-corrected chi connectivity index (χ3v) is 4.27. The molecule has 1 fully saturated rings. The minimum absolute atomic E-state index is 0.169. The van der Waals surface area contributed by atoms with E-state index < -0.39 is 17.2 Å². The number of amides is 3. The molecule has 1 aliphatic heterocycles. The van der Waals surface area contributed by atoms with Crippen molar-refractivity contribution in [1.29, 1.82) is 0 Å². The van der Waals surface area contributed by atoms with Crippen molar-refractivity contribution >= 4 is 17.9 Å². The molecule has 1 saturated heterocycles. The van der Waals surface area contributed by atoms with Crippen molar-refractivity contribution in [3.63, 3.8) is 0 Å². The summed E-state index contributed by atoms with van der Waals surface area (Å²) < 4.78 is 10.3. The smallest absolute Gasteiger partial charge is 0.426 e. The molecule has 27 heavy (non-hydrogen) atoms. The molecule has 2 N–H and O–H groups in total. The zero-order valence-electron chi connectivity index (χ0n) is 16.4. The molecular formula is C19H27N3O5.